The molecule has 0 radical (unpaired) electrons. The molecule has 0 bridgehead atoms. The van der Waals surface area contributed by atoms with E-state index in [1.807, 2.05) is 25.1 Å². The zero-order valence-electron chi connectivity index (χ0n) is 10.6. The van der Waals surface area contributed by atoms with Crippen LogP contribution in [0, 0.1) is 6.92 Å². The van der Waals surface area contributed by atoms with E-state index in [0.717, 1.165) is 16.9 Å². The van der Waals surface area contributed by atoms with Crippen molar-refractivity contribution in [1.29, 1.82) is 0 Å². The van der Waals surface area contributed by atoms with E-state index in [9.17, 15) is 4.79 Å². The Balaban J connectivity index is 3.00. The van der Waals surface area contributed by atoms with Crippen molar-refractivity contribution in [3.05, 3.63) is 34.9 Å². The van der Waals surface area contributed by atoms with Crippen LogP contribution in [0.3, 0.4) is 0 Å². The molecule has 18 heavy (non-hydrogen) atoms. The number of carboxylic acid groups (broad SMARTS) is 1. The van der Waals surface area contributed by atoms with Crippen LogP contribution >= 0.6 is 11.6 Å². The average molecular weight is 269 g/mol. The Morgan fingerprint density at radius 1 is 1.50 bits per heavy atom. The van der Waals surface area contributed by atoms with Crippen molar-refractivity contribution in [2.45, 2.75) is 19.8 Å². The van der Waals surface area contributed by atoms with Crippen LogP contribution in [0.4, 0.5) is 0 Å². The third-order valence-corrected chi connectivity index (χ3v) is 2.89. The van der Waals surface area contributed by atoms with Gasteiger partial charge in [-0.25, -0.2) is 4.79 Å². The van der Waals surface area contributed by atoms with Crippen LogP contribution < -0.4 is 4.74 Å². The quantitative estimate of drug-likeness (QED) is 0.635. The van der Waals surface area contributed by atoms with Crippen LogP contribution in [0.5, 0.6) is 5.75 Å². The standard InChI is InChI=1S/C14H17ClO3/c1-10-5-6-11(9-13(10)18-2)8-12(14(16)17)4-3-7-15/h5-6,8-9H,3-4,7H2,1-2H3,(H,16,17). The Labute approximate surface area is 112 Å². The molecule has 0 saturated carbocycles. The first-order valence-electron chi connectivity index (χ1n) is 5.73. The van der Waals surface area contributed by atoms with Crippen molar-refractivity contribution >= 4 is 23.6 Å². The molecule has 0 saturated heterocycles. The smallest absolute Gasteiger partial charge is 0.331 e. The summed E-state index contributed by atoms with van der Waals surface area (Å²) in [4.78, 5) is 11.1. The number of halogens is 1. The minimum atomic E-state index is -0.903. The van der Waals surface area contributed by atoms with E-state index in [0.29, 0.717) is 24.3 Å². The third-order valence-electron chi connectivity index (χ3n) is 2.63. The number of ether oxygens (including phenoxy) is 1. The normalized spacial score (nSPS) is 11.4. The summed E-state index contributed by atoms with van der Waals surface area (Å²) < 4.78 is 5.21. The van der Waals surface area contributed by atoms with Gasteiger partial charge in [-0.15, -0.1) is 11.6 Å². The van der Waals surface area contributed by atoms with E-state index in [1.54, 1.807) is 13.2 Å². The first kappa shape index (κ1) is 14.6. The second-order valence-electron chi connectivity index (χ2n) is 4.00. The molecule has 0 heterocycles. The van der Waals surface area contributed by atoms with Crippen LogP contribution in [0.25, 0.3) is 6.08 Å². The molecule has 4 heteroatoms. The molecule has 0 aromatic heterocycles. The van der Waals surface area contributed by atoms with Gasteiger partial charge in [-0.05, 0) is 43.0 Å². The highest BCUT2D eigenvalue weighted by Gasteiger charge is 2.07. The fourth-order valence-electron chi connectivity index (χ4n) is 1.63. The topological polar surface area (TPSA) is 46.5 Å². The minimum absolute atomic E-state index is 0.363. The largest absolute Gasteiger partial charge is 0.496 e. The number of hydrogen-bond donors (Lipinski definition) is 1. The molecule has 0 aliphatic rings. The van der Waals surface area contributed by atoms with Gasteiger partial charge in [0, 0.05) is 11.5 Å². The summed E-state index contributed by atoms with van der Waals surface area (Å²) in [5.74, 6) is 0.312. The highest BCUT2D eigenvalue weighted by molar-refractivity contribution is 6.17. The zero-order valence-corrected chi connectivity index (χ0v) is 11.3. The maximum atomic E-state index is 11.1. The number of hydrogen-bond acceptors (Lipinski definition) is 2. The molecular weight excluding hydrogens is 252 g/mol. The molecule has 0 amide bonds. The molecule has 0 unspecified atom stereocenters. The van der Waals surface area contributed by atoms with Crippen LogP contribution in [0.1, 0.15) is 24.0 Å². The number of methoxy groups -OCH3 is 1. The number of carbonyl (C=O) groups is 1. The fraction of sp³-hybridized carbons (Fsp3) is 0.357. The van der Waals surface area contributed by atoms with Gasteiger partial charge in [0.25, 0.3) is 0 Å². The number of aliphatic carboxylic acids is 1. The SMILES string of the molecule is COc1cc(C=C(CCCCl)C(=O)O)ccc1C. The maximum absolute atomic E-state index is 11.1. The number of carboxylic acids is 1. The molecule has 0 aliphatic carbocycles. The molecule has 1 N–H and O–H groups in total. The van der Waals surface area contributed by atoms with Crippen LogP contribution in [-0.4, -0.2) is 24.1 Å². The second-order valence-corrected chi connectivity index (χ2v) is 4.37. The van der Waals surface area contributed by atoms with Crippen molar-refractivity contribution < 1.29 is 14.6 Å². The Kier molecular flexibility index (Phi) is 5.72. The Hall–Kier alpha value is -1.48. The molecule has 1 aromatic rings. The van der Waals surface area contributed by atoms with E-state index >= 15 is 0 Å². The van der Waals surface area contributed by atoms with Gasteiger partial charge in [-0.2, -0.15) is 0 Å². The lowest BCUT2D eigenvalue weighted by Crippen LogP contribution is -2.01. The maximum Gasteiger partial charge on any atom is 0.331 e. The van der Waals surface area contributed by atoms with E-state index in [2.05, 4.69) is 0 Å². The van der Waals surface area contributed by atoms with Crippen molar-refractivity contribution in [3.8, 4) is 5.75 Å². The van der Waals surface area contributed by atoms with Gasteiger partial charge >= 0.3 is 5.97 Å². The van der Waals surface area contributed by atoms with E-state index in [-0.39, 0.29) is 0 Å². The van der Waals surface area contributed by atoms with Gasteiger partial charge in [-0.3, -0.25) is 0 Å². The van der Waals surface area contributed by atoms with E-state index < -0.39 is 5.97 Å². The van der Waals surface area contributed by atoms with Crippen molar-refractivity contribution in [2.24, 2.45) is 0 Å². The highest BCUT2D eigenvalue weighted by atomic mass is 35.5. The van der Waals surface area contributed by atoms with Gasteiger partial charge in [0.1, 0.15) is 5.75 Å². The molecule has 0 atom stereocenters. The lowest BCUT2D eigenvalue weighted by atomic mass is 10.1. The van der Waals surface area contributed by atoms with Crippen molar-refractivity contribution in [2.75, 3.05) is 13.0 Å². The highest BCUT2D eigenvalue weighted by Crippen LogP contribution is 2.21. The predicted molar refractivity (Wildman–Crippen MR) is 73.3 cm³/mol. The summed E-state index contributed by atoms with van der Waals surface area (Å²) in [6.45, 7) is 1.94. The lowest BCUT2D eigenvalue weighted by molar-refractivity contribution is -0.132. The first-order valence-corrected chi connectivity index (χ1v) is 6.26. The Morgan fingerprint density at radius 3 is 2.78 bits per heavy atom. The number of aryl methyl sites for hydroxylation is 1. The molecule has 0 aliphatic heterocycles. The zero-order chi connectivity index (χ0) is 13.5. The first-order chi connectivity index (χ1) is 8.58. The molecule has 0 fully saturated rings. The van der Waals surface area contributed by atoms with Gasteiger partial charge in [0.2, 0.25) is 0 Å². The van der Waals surface area contributed by atoms with Crippen LogP contribution in [0.15, 0.2) is 23.8 Å². The molecule has 1 aromatic carbocycles. The van der Waals surface area contributed by atoms with Crippen molar-refractivity contribution in [1.82, 2.24) is 0 Å². The van der Waals surface area contributed by atoms with Crippen LogP contribution in [-0.2, 0) is 4.79 Å². The third kappa shape index (κ3) is 4.08. The summed E-state index contributed by atoms with van der Waals surface area (Å²) in [6, 6.07) is 5.62. The van der Waals surface area contributed by atoms with Gasteiger partial charge in [0.15, 0.2) is 0 Å². The fourth-order valence-corrected chi connectivity index (χ4v) is 1.76. The summed E-state index contributed by atoms with van der Waals surface area (Å²) in [7, 11) is 1.60. The average Bonchev–Trinajstić information content (AvgIpc) is 2.36. The van der Waals surface area contributed by atoms with E-state index in [4.69, 9.17) is 21.4 Å². The number of benzene rings is 1. The van der Waals surface area contributed by atoms with Crippen LogP contribution in [0.2, 0.25) is 0 Å². The molecule has 0 spiro atoms. The monoisotopic (exact) mass is 268 g/mol. The van der Waals surface area contributed by atoms with Crippen molar-refractivity contribution in [3.63, 3.8) is 0 Å². The molecule has 98 valence electrons. The summed E-state index contributed by atoms with van der Waals surface area (Å²) in [5, 5.41) is 9.10. The summed E-state index contributed by atoms with van der Waals surface area (Å²) in [6.07, 6.45) is 2.79. The Bertz CT molecular complexity index is 452. The number of alkyl halides is 1. The van der Waals surface area contributed by atoms with Gasteiger partial charge < -0.3 is 9.84 Å². The summed E-state index contributed by atoms with van der Waals surface area (Å²) >= 11 is 5.58. The lowest BCUT2D eigenvalue weighted by Gasteiger charge is -2.06. The Morgan fingerprint density at radius 2 is 2.22 bits per heavy atom. The number of rotatable bonds is 6. The predicted octanol–water partition coefficient (Wildman–Crippen LogP) is 3.49. The molecule has 1 rings (SSSR count). The molecular formula is C14H17ClO3. The van der Waals surface area contributed by atoms with Gasteiger partial charge in [-0.1, -0.05) is 12.1 Å². The second kappa shape index (κ2) is 7.07. The summed E-state index contributed by atoms with van der Waals surface area (Å²) in [5.41, 5.74) is 2.21. The molecule has 3 nitrogen and oxygen atoms in total. The van der Waals surface area contributed by atoms with E-state index in [1.165, 1.54) is 0 Å². The van der Waals surface area contributed by atoms with Gasteiger partial charge in [0.05, 0.1) is 7.11 Å². The minimum Gasteiger partial charge on any atom is -0.496 e.